The summed E-state index contributed by atoms with van der Waals surface area (Å²) in [6.07, 6.45) is 3.52. The quantitative estimate of drug-likeness (QED) is 0.793. The summed E-state index contributed by atoms with van der Waals surface area (Å²) < 4.78 is 5.08. The summed E-state index contributed by atoms with van der Waals surface area (Å²) in [5.74, 6) is 0.0521. The van der Waals surface area contributed by atoms with Gasteiger partial charge in [0.25, 0.3) is 0 Å². The van der Waals surface area contributed by atoms with Gasteiger partial charge in [-0.15, -0.1) is 0 Å². The molecule has 0 unspecified atom stereocenters. The largest absolute Gasteiger partial charge is 0.481 e. The topological polar surface area (TPSA) is 59.4 Å². The molecule has 14 heavy (non-hydrogen) atoms. The minimum atomic E-state index is -0.943. The molecule has 1 fully saturated rings. The van der Waals surface area contributed by atoms with Crippen LogP contribution in [-0.2, 0) is 0 Å². The minimum absolute atomic E-state index is 0.229. The number of hydrogen-bond donors (Lipinski definition) is 1. The summed E-state index contributed by atoms with van der Waals surface area (Å²) in [6.45, 7) is 0. The van der Waals surface area contributed by atoms with Crippen molar-refractivity contribution >= 4 is 5.97 Å². The van der Waals surface area contributed by atoms with E-state index in [1.165, 1.54) is 6.20 Å². The van der Waals surface area contributed by atoms with Crippen molar-refractivity contribution in [1.82, 2.24) is 4.98 Å². The lowest BCUT2D eigenvalue weighted by Crippen LogP contribution is -2.01. The van der Waals surface area contributed by atoms with Crippen molar-refractivity contribution in [3.63, 3.8) is 0 Å². The van der Waals surface area contributed by atoms with E-state index in [4.69, 9.17) is 9.84 Å². The molecule has 74 valence electrons. The van der Waals surface area contributed by atoms with E-state index in [0.29, 0.717) is 11.8 Å². The molecule has 0 aliphatic heterocycles. The van der Waals surface area contributed by atoms with Crippen molar-refractivity contribution in [2.75, 3.05) is 7.11 Å². The number of carbonyl (C=O) groups is 1. The Morgan fingerprint density at radius 2 is 2.36 bits per heavy atom. The first kappa shape index (κ1) is 8.99. The summed E-state index contributed by atoms with van der Waals surface area (Å²) in [5, 5.41) is 8.79. The van der Waals surface area contributed by atoms with Gasteiger partial charge in [0.1, 0.15) is 0 Å². The van der Waals surface area contributed by atoms with E-state index in [-0.39, 0.29) is 5.56 Å². The van der Waals surface area contributed by atoms with Gasteiger partial charge in [0, 0.05) is 11.8 Å². The molecule has 0 aromatic carbocycles. The second-order valence-electron chi connectivity index (χ2n) is 3.40. The maximum absolute atomic E-state index is 10.7. The molecule has 0 bridgehead atoms. The van der Waals surface area contributed by atoms with Crippen molar-refractivity contribution in [2.24, 2.45) is 0 Å². The van der Waals surface area contributed by atoms with E-state index >= 15 is 0 Å². The summed E-state index contributed by atoms with van der Waals surface area (Å²) in [7, 11) is 1.55. The Morgan fingerprint density at radius 3 is 2.86 bits per heavy atom. The molecule has 1 heterocycles. The lowest BCUT2D eigenvalue weighted by Gasteiger charge is -2.06. The first-order valence-electron chi connectivity index (χ1n) is 4.49. The molecule has 0 saturated heterocycles. The molecule has 0 radical (unpaired) electrons. The van der Waals surface area contributed by atoms with Crippen LogP contribution in [0, 0.1) is 0 Å². The van der Waals surface area contributed by atoms with Gasteiger partial charge in [-0.1, -0.05) is 0 Å². The number of hydrogen-bond acceptors (Lipinski definition) is 3. The number of aromatic nitrogens is 1. The van der Waals surface area contributed by atoms with Crippen LogP contribution in [0.25, 0.3) is 0 Å². The van der Waals surface area contributed by atoms with Crippen LogP contribution >= 0.6 is 0 Å². The molecule has 1 aliphatic carbocycles. The van der Waals surface area contributed by atoms with Crippen LogP contribution in [0.15, 0.2) is 12.3 Å². The highest BCUT2D eigenvalue weighted by molar-refractivity contribution is 5.87. The molecule has 1 saturated carbocycles. The number of pyridine rings is 1. The number of rotatable bonds is 3. The second kappa shape index (κ2) is 3.29. The smallest absolute Gasteiger partial charge is 0.337 e. The summed E-state index contributed by atoms with van der Waals surface area (Å²) in [5.41, 5.74) is 1.15. The van der Waals surface area contributed by atoms with Crippen LogP contribution in [0.3, 0.4) is 0 Å². The number of methoxy groups -OCH3 is 1. The number of ether oxygens (including phenoxy) is 1. The third-order valence-corrected chi connectivity index (χ3v) is 2.34. The Hall–Kier alpha value is -1.58. The molecule has 1 aromatic rings. The van der Waals surface area contributed by atoms with E-state index in [0.717, 1.165) is 18.4 Å². The van der Waals surface area contributed by atoms with Gasteiger partial charge in [0.2, 0.25) is 5.88 Å². The number of nitrogens with zero attached hydrogens (tertiary/aromatic N) is 1. The van der Waals surface area contributed by atoms with Crippen molar-refractivity contribution < 1.29 is 14.6 Å². The van der Waals surface area contributed by atoms with Gasteiger partial charge in [-0.25, -0.2) is 9.78 Å². The normalized spacial score (nSPS) is 15.2. The van der Waals surface area contributed by atoms with Crippen molar-refractivity contribution in [1.29, 1.82) is 0 Å². The molecule has 0 atom stereocenters. The average Bonchev–Trinajstić information content (AvgIpc) is 3.00. The Bertz CT molecular complexity index is 372. The molecular formula is C10H11NO3. The van der Waals surface area contributed by atoms with Crippen LogP contribution in [-0.4, -0.2) is 23.2 Å². The summed E-state index contributed by atoms with van der Waals surface area (Å²) in [4.78, 5) is 14.7. The van der Waals surface area contributed by atoms with Crippen LogP contribution in [0.5, 0.6) is 5.88 Å². The van der Waals surface area contributed by atoms with Gasteiger partial charge < -0.3 is 9.84 Å². The van der Waals surface area contributed by atoms with E-state index in [1.54, 1.807) is 13.2 Å². The molecular weight excluding hydrogens is 182 g/mol. The molecule has 2 rings (SSSR count). The zero-order valence-electron chi connectivity index (χ0n) is 7.86. The molecule has 1 aliphatic rings. The highest BCUT2D eigenvalue weighted by atomic mass is 16.5. The molecule has 1 N–H and O–H groups in total. The lowest BCUT2D eigenvalue weighted by molar-refractivity contribution is 0.0696. The van der Waals surface area contributed by atoms with Gasteiger partial charge in [0.15, 0.2) is 0 Å². The lowest BCUT2D eigenvalue weighted by atomic mass is 10.1. The number of aromatic carboxylic acids is 1. The van der Waals surface area contributed by atoms with Crippen LogP contribution < -0.4 is 4.74 Å². The number of carboxylic acid groups (broad SMARTS) is 1. The van der Waals surface area contributed by atoms with Crippen LogP contribution in [0.1, 0.15) is 34.7 Å². The van der Waals surface area contributed by atoms with Crippen molar-refractivity contribution in [2.45, 2.75) is 18.8 Å². The number of carboxylic acids is 1. The van der Waals surface area contributed by atoms with E-state index in [2.05, 4.69) is 4.98 Å². The molecule has 0 spiro atoms. The van der Waals surface area contributed by atoms with Gasteiger partial charge in [-0.2, -0.15) is 0 Å². The second-order valence-corrected chi connectivity index (χ2v) is 3.40. The molecule has 0 amide bonds. The maximum Gasteiger partial charge on any atom is 0.337 e. The van der Waals surface area contributed by atoms with Crippen molar-refractivity contribution in [3.05, 3.63) is 23.4 Å². The fourth-order valence-electron chi connectivity index (χ4n) is 1.44. The Morgan fingerprint density at radius 1 is 1.64 bits per heavy atom. The van der Waals surface area contributed by atoms with E-state index in [9.17, 15) is 4.79 Å². The van der Waals surface area contributed by atoms with E-state index in [1.807, 2.05) is 0 Å². The fraction of sp³-hybridized carbons (Fsp3) is 0.400. The SMILES string of the molecule is COc1ncc(C(=O)O)cc1C1CC1. The van der Waals surface area contributed by atoms with Gasteiger partial charge >= 0.3 is 5.97 Å². The van der Waals surface area contributed by atoms with Crippen LogP contribution in [0.2, 0.25) is 0 Å². The summed E-state index contributed by atoms with van der Waals surface area (Å²) in [6, 6.07) is 1.66. The fourth-order valence-corrected chi connectivity index (χ4v) is 1.44. The Balaban J connectivity index is 2.41. The summed E-state index contributed by atoms with van der Waals surface area (Å²) >= 11 is 0. The third kappa shape index (κ3) is 1.55. The minimum Gasteiger partial charge on any atom is -0.481 e. The zero-order valence-corrected chi connectivity index (χ0v) is 7.86. The standard InChI is InChI=1S/C10H11NO3/c1-14-9-8(6-2-3-6)4-7(5-11-9)10(12)13/h4-6H,2-3H2,1H3,(H,12,13). The van der Waals surface area contributed by atoms with Crippen LogP contribution in [0.4, 0.5) is 0 Å². The van der Waals surface area contributed by atoms with Gasteiger partial charge in [-0.3, -0.25) is 0 Å². The predicted octanol–water partition coefficient (Wildman–Crippen LogP) is 1.67. The first-order valence-corrected chi connectivity index (χ1v) is 4.49. The molecule has 1 aromatic heterocycles. The maximum atomic E-state index is 10.7. The van der Waals surface area contributed by atoms with Crippen molar-refractivity contribution in [3.8, 4) is 5.88 Å². The zero-order chi connectivity index (χ0) is 10.1. The first-order chi connectivity index (χ1) is 6.72. The Kier molecular flexibility index (Phi) is 2.11. The highest BCUT2D eigenvalue weighted by Crippen LogP contribution is 2.43. The van der Waals surface area contributed by atoms with Gasteiger partial charge in [-0.05, 0) is 24.8 Å². The van der Waals surface area contributed by atoms with Gasteiger partial charge in [0.05, 0.1) is 12.7 Å². The molecule has 4 nitrogen and oxygen atoms in total. The monoisotopic (exact) mass is 193 g/mol. The average molecular weight is 193 g/mol. The molecule has 4 heteroatoms. The predicted molar refractivity (Wildman–Crippen MR) is 49.7 cm³/mol. The van der Waals surface area contributed by atoms with E-state index < -0.39 is 5.97 Å². The third-order valence-electron chi connectivity index (χ3n) is 2.34. The highest BCUT2D eigenvalue weighted by Gasteiger charge is 2.28. The Labute approximate surface area is 81.5 Å².